The summed E-state index contributed by atoms with van der Waals surface area (Å²) >= 11 is 0. The van der Waals surface area contributed by atoms with E-state index in [0.29, 0.717) is 37.2 Å². The zero-order valence-corrected chi connectivity index (χ0v) is 16.5. The van der Waals surface area contributed by atoms with Crippen LogP contribution in [0.4, 0.5) is 0 Å². The molecule has 0 N–H and O–H groups in total. The number of hydrogen-bond acceptors (Lipinski definition) is 4. The van der Waals surface area contributed by atoms with Gasteiger partial charge >= 0.3 is 11.9 Å². The fourth-order valence-electron chi connectivity index (χ4n) is 2.25. The fourth-order valence-corrected chi connectivity index (χ4v) is 2.25. The van der Waals surface area contributed by atoms with Crippen molar-refractivity contribution in [1.29, 1.82) is 0 Å². The Morgan fingerprint density at radius 1 is 0.750 bits per heavy atom. The van der Waals surface area contributed by atoms with E-state index in [1.54, 1.807) is 0 Å². The first-order valence-corrected chi connectivity index (χ1v) is 9.33. The maximum absolute atomic E-state index is 12.6. The zero-order chi connectivity index (χ0) is 18.6. The van der Waals surface area contributed by atoms with Gasteiger partial charge in [-0.1, -0.05) is 60.8 Å². The molecule has 0 bridgehead atoms. The van der Waals surface area contributed by atoms with E-state index in [9.17, 15) is 9.59 Å². The minimum atomic E-state index is -0.366. The first-order valence-electron chi connectivity index (χ1n) is 9.33. The molecule has 0 aromatic heterocycles. The van der Waals surface area contributed by atoms with Crippen LogP contribution in [-0.4, -0.2) is 25.2 Å². The van der Waals surface area contributed by atoms with Crippen LogP contribution in [0.3, 0.4) is 0 Å². The van der Waals surface area contributed by atoms with Gasteiger partial charge in [-0.05, 0) is 31.1 Å². The van der Waals surface area contributed by atoms with E-state index in [1.165, 1.54) is 0 Å². The first-order chi connectivity index (χ1) is 11.3. The average molecular weight is 341 g/mol. The molecule has 0 amide bonds. The number of carbonyl (C=O) groups is 2. The number of unbranched alkanes of at least 4 members (excludes halogenated alkanes) is 2. The lowest BCUT2D eigenvalue weighted by Gasteiger charge is -2.22. The molecule has 0 aromatic carbocycles. The molecule has 0 saturated carbocycles. The van der Waals surface area contributed by atoms with Crippen molar-refractivity contribution < 1.29 is 19.1 Å². The van der Waals surface area contributed by atoms with Crippen LogP contribution < -0.4 is 0 Å². The van der Waals surface area contributed by atoms with Crippen molar-refractivity contribution in [3.05, 3.63) is 11.1 Å². The molecule has 0 saturated heterocycles. The van der Waals surface area contributed by atoms with Gasteiger partial charge in [0.25, 0.3) is 0 Å². The third-order valence-corrected chi connectivity index (χ3v) is 3.53. The average Bonchev–Trinajstić information content (AvgIpc) is 2.50. The molecule has 140 valence electrons. The molecule has 0 aliphatic rings. The van der Waals surface area contributed by atoms with Gasteiger partial charge in [0.1, 0.15) is 0 Å². The Hall–Kier alpha value is -1.32. The van der Waals surface area contributed by atoms with Crippen LogP contribution in [0.5, 0.6) is 0 Å². The summed E-state index contributed by atoms with van der Waals surface area (Å²) in [5.74, 6) is -0.730. The highest BCUT2D eigenvalue weighted by Crippen LogP contribution is 2.29. The smallest absolute Gasteiger partial charge is 0.334 e. The molecule has 0 rings (SSSR count). The second kappa shape index (κ2) is 12.1. The molecule has 4 nitrogen and oxygen atoms in total. The van der Waals surface area contributed by atoms with Gasteiger partial charge < -0.3 is 9.47 Å². The van der Waals surface area contributed by atoms with Crippen molar-refractivity contribution >= 4 is 11.9 Å². The molecular weight excluding hydrogens is 304 g/mol. The van der Waals surface area contributed by atoms with Crippen LogP contribution in [0.1, 0.15) is 86.5 Å². The number of carbonyl (C=O) groups excluding carboxylic acids is 2. The first kappa shape index (κ1) is 22.7. The van der Waals surface area contributed by atoms with E-state index in [2.05, 4.69) is 20.8 Å². The van der Waals surface area contributed by atoms with Crippen molar-refractivity contribution in [3.8, 4) is 0 Å². The molecule has 0 unspecified atom stereocenters. The molecule has 0 aliphatic carbocycles. The largest absolute Gasteiger partial charge is 0.462 e. The summed E-state index contributed by atoms with van der Waals surface area (Å²) in [6, 6.07) is 0. The van der Waals surface area contributed by atoms with Crippen LogP contribution in [0.2, 0.25) is 0 Å². The van der Waals surface area contributed by atoms with Crippen molar-refractivity contribution in [1.82, 2.24) is 0 Å². The van der Waals surface area contributed by atoms with Crippen molar-refractivity contribution in [2.75, 3.05) is 13.2 Å². The molecule has 0 aliphatic heterocycles. The quantitative estimate of drug-likeness (QED) is 0.294. The predicted molar refractivity (Wildman–Crippen MR) is 97.7 cm³/mol. The van der Waals surface area contributed by atoms with E-state index >= 15 is 0 Å². The Labute approximate surface area is 148 Å². The summed E-state index contributed by atoms with van der Waals surface area (Å²) in [4.78, 5) is 25.0. The normalized spacial score (nSPS) is 12.6. The standard InChI is InChI=1S/C20H36O4/c1-7-10-13-23-18(21)16(12-9-3)17(15-20(4,5)6)19(22)24-14-11-8-2/h7-15H2,1-6H3/b17-16-. The van der Waals surface area contributed by atoms with Gasteiger partial charge in [-0.3, -0.25) is 0 Å². The highest BCUT2D eigenvalue weighted by molar-refractivity contribution is 6.00. The van der Waals surface area contributed by atoms with Crippen LogP contribution in [0, 0.1) is 5.41 Å². The van der Waals surface area contributed by atoms with Crippen LogP contribution >= 0.6 is 0 Å². The van der Waals surface area contributed by atoms with E-state index in [4.69, 9.17) is 9.47 Å². The summed E-state index contributed by atoms with van der Waals surface area (Å²) in [6.45, 7) is 13.1. The Morgan fingerprint density at radius 2 is 1.21 bits per heavy atom. The Kier molecular flexibility index (Phi) is 11.4. The Bertz CT molecular complexity index is 416. The predicted octanol–water partition coefficient (Wildman–Crippen LogP) is 5.21. The van der Waals surface area contributed by atoms with Gasteiger partial charge in [0, 0.05) is 11.1 Å². The maximum Gasteiger partial charge on any atom is 0.334 e. The van der Waals surface area contributed by atoms with Gasteiger partial charge in [-0.2, -0.15) is 0 Å². The van der Waals surface area contributed by atoms with Gasteiger partial charge in [0.05, 0.1) is 13.2 Å². The Balaban J connectivity index is 5.44. The number of ether oxygens (including phenoxy) is 2. The van der Waals surface area contributed by atoms with E-state index in [0.717, 1.165) is 32.1 Å². The number of rotatable bonds is 11. The highest BCUT2D eigenvalue weighted by Gasteiger charge is 2.27. The van der Waals surface area contributed by atoms with E-state index < -0.39 is 0 Å². The Morgan fingerprint density at radius 3 is 1.58 bits per heavy atom. The monoisotopic (exact) mass is 340 g/mol. The molecule has 0 aromatic rings. The lowest BCUT2D eigenvalue weighted by molar-refractivity contribution is -0.143. The summed E-state index contributed by atoms with van der Waals surface area (Å²) in [6.07, 6.45) is 5.43. The summed E-state index contributed by atoms with van der Waals surface area (Å²) in [5, 5.41) is 0. The minimum Gasteiger partial charge on any atom is -0.462 e. The molecule has 0 atom stereocenters. The van der Waals surface area contributed by atoms with Crippen LogP contribution in [0.25, 0.3) is 0 Å². The SMILES string of the molecule is CCCCOC(=O)/C(CCC)=C(/CC(C)(C)C)C(=O)OCCCC. The summed E-state index contributed by atoms with van der Waals surface area (Å²) < 4.78 is 10.8. The van der Waals surface area contributed by atoms with Gasteiger partial charge in [-0.15, -0.1) is 0 Å². The van der Waals surface area contributed by atoms with Crippen molar-refractivity contribution in [2.24, 2.45) is 5.41 Å². The topological polar surface area (TPSA) is 52.6 Å². The van der Waals surface area contributed by atoms with E-state index in [1.807, 2.05) is 20.8 Å². The van der Waals surface area contributed by atoms with Crippen molar-refractivity contribution in [3.63, 3.8) is 0 Å². The van der Waals surface area contributed by atoms with Gasteiger partial charge in [0.2, 0.25) is 0 Å². The van der Waals surface area contributed by atoms with Gasteiger partial charge in [-0.25, -0.2) is 9.59 Å². The lowest BCUT2D eigenvalue weighted by atomic mass is 9.85. The molecule has 24 heavy (non-hydrogen) atoms. The third kappa shape index (κ3) is 9.74. The fraction of sp³-hybridized carbons (Fsp3) is 0.800. The van der Waals surface area contributed by atoms with E-state index in [-0.39, 0.29) is 17.4 Å². The maximum atomic E-state index is 12.6. The molecule has 0 spiro atoms. The molecule has 0 radical (unpaired) electrons. The van der Waals surface area contributed by atoms with Gasteiger partial charge in [0.15, 0.2) is 0 Å². The highest BCUT2D eigenvalue weighted by atomic mass is 16.5. The molecule has 0 fully saturated rings. The molecule has 0 heterocycles. The van der Waals surface area contributed by atoms with Crippen LogP contribution in [0.15, 0.2) is 11.1 Å². The summed E-state index contributed by atoms with van der Waals surface area (Å²) in [5.41, 5.74) is 0.869. The van der Waals surface area contributed by atoms with Crippen LogP contribution in [-0.2, 0) is 19.1 Å². The third-order valence-electron chi connectivity index (χ3n) is 3.53. The zero-order valence-electron chi connectivity index (χ0n) is 16.5. The molecular formula is C20H36O4. The summed E-state index contributed by atoms with van der Waals surface area (Å²) in [7, 11) is 0. The molecule has 4 heteroatoms. The second-order valence-corrected chi connectivity index (χ2v) is 7.42. The number of esters is 2. The number of hydrogen-bond donors (Lipinski definition) is 0. The lowest BCUT2D eigenvalue weighted by Crippen LogP contribution is -2.21. The minimum absolute atomic E-state index is 0.109. The van der Waals surface area contributed by atoms with Crippen molar-refractivity contribution in [2.45, 2.75) is 86.5 Å². The second-order valence-electron chi connectivity index (χ2n) is 7.42.